The molecule has 0 aliphatic carbocycles. The third kappa shape index (κ3) is 1.59. The number of allylic oxidation sites excluding steroid dienone is 2. The number of hydrogen-bond donors (Lipinski definition) is 0. The summed E-state index contributed by atoms with van der Waals surface area (Å²) in [5.74, 6) is 0. The molecule has 1 aromatic heterocycles. The van der Waals surface area contributed by atoms with Gasteiger partial charge in [-0.05, 0) is 38.3 Å². The molecule has 1 aromatic rings. The number of aliphatic imine (C=N–C) groups is 1. The molecule has 0 fully saturated rings. The molecule has 0 aromatic carbocycles. The summed E-state index contributed by atoms with van der Waals surface area (Å²) in [5.41, 5.74) is 2.88. The summed E-state index contributed by atoms with van der Waals surface area (Å²) in [6, 6.07) is 3.76. The third-order valence-corrected chi connectivity index (χ3v) is 1.76. The van der Waals surface area contributed by atoms with Gasteiger partial charge >= 0.3 is 0 Å². The Morgan fingerprint density at radius 2 is 2.42 bits per heavy atom. The lowest BCUT2D eigenvalue weighted by Crippen LogP contribution is -1.84. The fourth-order valence-electron chi connectivity index (χ4n) is 0.965. The summed E-state index contributed by atoms with van der Waals surface area (Å²) in [5, 5.41) is 0. The monoisotopic (exact) mass is 160 g/mol. The minimum Gasteiger partial charge on any atom is -0.262 e. The number of nitrogens with zero attached hydrogens (tertiary/aromatic N) is 2. The van der Waals surface area contributed by atoms with E-state index in [1.165, 1.54) is 0 Å². The summed E-state index contributed by atoms with van der Waals surface area (Å²) in [4.78, 5) is 8.10. The average molecular weight is 160 g/mol. The molecule has 0 radical (unpaired) electrons. The van der Waals surface area contributed by atoms with Gasteiger partial charge in [0.2, 0.25) is 0 Å². The predicted molar refractivity (Wildman–Crippen MR) is 52.8 cm³/mol. The fourth-order valence-corrected chi connectivity index (χ4v) is 0.965. The molecule has 1 rings (SSSR count). The maximum absolute atomic E-state index is 4.22. The van der Waals surface area contributed by atoms with Crippen molar-refractivity contribution in [1.29, 1.82) is 0 Å². The van der Waals surface area contributed by atoms with Crippen LogP contribution in [0.25, 0.3) is 5.57 Å². The Balaban J connectivity index is 3.22. The molecule has 1 heterocycles. The van der Waals surface area contributed by atoms with Gasteiger partial charge in [-0.3, -0.25) is 9.98 Å². The van der Waals surface area contributed by atoms with Crippen molar-refractivity contribution in [1.82, 2.24) is 4.98 Å². The van der Waals surface area contributed by atoms with Gasteiger partial charge in [-0.15, -0.1) is 0 Å². The zero-order valence-electron chi connectivity index (χ0n) is 7.41. The molecule has 0 saturated carbocycles. The highest BCUT2D eigenvalue weighted by atomic mass is 14.8. The van der Waals surface area contributed by atoms with Gasteiger partial charge in [-0.1, -0.05) is 6.08 Å². The second-order valence-corrected chi connectivity index (χ2v) is 2.50. The van der Waals surface area contributed by atoms with Gasteiger partial charge < -0.3 is 0 Å². The molecule has 2 nitrogen and oxygen atoms in total. The molecule has 62 valence electrons. The van der Waals surface area contributed by atoms with E-state index in [0.717, 1.165) is 17.0 Å². The quantitative estimate of drug-likeness (QED) is 0.611. The Morgan fingerprint density at radius 1 is 1.67 bits per heavy atom. The van der Waals surface area contributed by atoms with Gasteiger partial charge in [0.05, 0.1) is 11.4 Å². The summed E-state index contributed by atoms with van der Waals surface area (Å²) in [6.45, 7) is 7.48. The zero-order chi connectivity index (χ0) is 8.97. The predicted octanol–water partition coefficient (Wildman–Crippen LogP) is 2.84. The van der Waals surface area contributed by atoms with E-state index in [1.807, 2.05) is 32.1 Å². The summed E-state index contributed by atoms with van der Waals surface area (Å²) >= 11 is 0. The lowest BCUT2D eigenvalue weighted by molar-refractivity contribution is 1.25. The number of rotatable bonds is 2. The van der Waals surface area contributed by atoms with Crippen molar-refractivity contribution >= 4 is 18.0 Å². The van der Waals surface area contributed by atoms with Crippen LogP contribution in [-0.2, 0) is 0 Å². The van der Waals surface area contributed by atoms with Gasteiger partial charge in [-0.2, -0.15) is 0 Å². The van der Waals surface area contributed by atoms with Gasteiger partial charge in [0.15, 0.2) is 0 Å². The minimum absolute atomic E-state index is 0.841. The van der Waals surface area contributed by atoms with Crippen molar-refractivity contribution in [2.75, 3.05) is 0 Å². The highest BCUT2D eigenvalue weighted by Crippen LogP contribution is 2.22. The second-order valence-electron chi connectivity index (χ2n) is 2.50. The molecule has 0 amide bonds. The zero-order valence-corrected chi connectivity index (χ0v) is 7.41. The van der Waals surface area contributed by atoms with E-state index in [-0.39, 0.29) is 0 Å². The summed E-state index contributed by atoms with van der Waals surface area (Å²) < 4.78 is 0. The van der Waals surface area contributed by atoms with E-state index >= 15 is 0 Å². The van der Waals surface area contributed by atoms with Crippen LogP contribution in [0.2, 0.25) is 0 Å². The van der Waals surface area contributed by atoms with Crippen LogP contribution in [0.1, 0.15) is 19.5 Å². The van der Waals surface area contributed by atoms with Crippen LogP contribution >= 0.6 is 0 Å². The molecular weight excluding hydrogens is 148 g/mol. The fraction of sp³-hybridized carbons (Fsp3) is 0.200. The Hall–Kier alpha value is -1.44. The van der Waals surface area contributed by atoms with E-state index in [9.17, 15) is 0 Å². The molecule has 0 unspecified atom stereocenters. The first-order chi connectivity index (χ1) is 5.79. The largest absolute Gasteiger partial charge is 0.262 e. The van der Waals surface area contributed by atoms with E-state index in [2.05, 4.69) is 16.7 Å². The lowest BCUT2D eigenvalue weighted by Gasteiger charge is -2.02. The molecule has 0 atom stereocenters. The molecule has 0 N–H and O–H groups in total. The normalized spacial score (nSPS) is 11.3. The van der Waals surface area contributed by atoms with Gasteiger partial charge in [0.1, 0.15) is 0 Å². The molecule has 12 heavy (non-hydrogen) atoms. The van der Waals surface area contributed by atoms with E-state index in [4.69, 9.17) is 0 Å². The first-order valence-corrected chi connectivity index (χ1v) is 3.84. The summed E-state index contributed by atoms with van der Waals surface area (Å²) in [7, 11) is 0. The topological polar surface area (TPSA) is 25.2 Å². The van der Waals surface area contributed by atoms with Gasteiger partial charge in [0.25, 0.3) is 0 Å². The second kappa shape index (κ2) is 3.81. The van der Waals surface area contributed by atoms with Crippen LogP contribution in [0.15, 0.2) is 29.4 Å². The minimum atomic E-state index is 0.841. The average Bonchev–Trinajstić information content (AvgIpc) is 2.16. The smallest absolute Gasteiger partial charge is 0.0911 e. The van der Waals surface area contributed by atoms with Crippen LogP contribution in [0.3, 0.4) is 0 Å². The maximum atomic E-state index is 4.22. The Labute approximate surface area is 72.7 Å². The van der Waals surface area contributed by atoms with E-state index in [1.54, 1.807) is 6.20 Å². The molecule has 0 saturated heterocycles. The van der Waals surface area contributed by atoms with Crippen LogP contribution in [0.4, 0.5) is 5.69 Å². The first kappa shape index (κ1) is 8.65. The SMILES string of the molecule is C=Nc1cccnc1/C(C)=C\C. The Kier molecular flexibility index (Phi) is 2.75. The molecular formula is C10H12N2. The third-order valence-electron chi connectivity index (χ3n) is 1.76. The van der Waals surface area contributed by atoms with E-state index in [0.29, 0.717) is 0 Å². The van der Waals surface area contributed by atoms with Crippen molar-refractivity contribution in [3.05, 3.63) is 30.1 Å². The van der Waals surface area contributed by atoms with Crippen molar-refractivity contribution in [2.24, 2.45) is 4.99 Å². The van der Waals surface area contributed by atoms with Gasteiger partial charge in [-0.25, -0.2) is 0 Å². The van der Waals surface area contributed by atoms with Gasteiger partial charge in [0, 0.05) is 6.20 Å². The molecule has 0 aliphatic rings. The molecule has 2 heteroatoms. The van der Waals surface area contributed by atoms with E-state index < -0.39 is 0 Å². The lowest BCUT2D eigenvalue weighted by atomic mass is 10.1. The van der Waals surface area contributed by atoms with Crippen LogP contribution in [-0.4, -0.2) is 11.7 Å². The number of hydrogen-bond acceptors (Lipinski definition) is 2. The molecule has 0 bridgehead atoms. The van der Waals surface area contributed by atoms with Crippen LogP contribution < -0.4 is 0 Å². The standard InChI is InChI=1S/C10H12N2/c1-4-8(2)10-9(11-3)6-5-7-12-10/h4-7H,3H2,1-2H3/b8-4-. The Bertz CT molecular complexity index is 313. The molecule has 0 spiro atoms. The first-order valence-electron chi connectivity index (χ1n) is 3.84. The highest BCUT2D eigenvalue weighted by molar-refractivity contribution is 5.70. The molecule has 0 aliphatic heterocycles. The number of pyridine rings is 1. The van der Waals surface area contributed by atoms with Crippen molar-refractivity contribution in [3.63, 3.8) is 0 Å². The highest BCUT2D eigenvalue weighted by Gasteiger charge is 2.00. The van der Waals surface area contributed by atoms with Crippen LogP contribution in [0.5, 0.6) is 0 Å². The van der Waals surface area contributed by atoms with Crippen LogP contribution in [0, 0.1) is 0 Å². The maximum Gasteiger partial charge on any atom is 0.0911 e. The number of aromatic nitrogens is 1. The van der Waals surface area contributed by atoms with Crippen molar-refractivity contribution < 1.29 is 0 Å². The van der Waals surface area contributed by atoms with Crippen molar-refractivity contribution in [2.45, 2.75) is 13.8 Å². The Morgan fingerprint density at radius 3 is 3.00 bits per heavy atom. The van der Waals surface area contributed by atoms with Crippen molar-refractivity contribution in [3.8, 4) is 0 Å². The summed E-state index contributed by atoms with van der Waals surface area (Å²) in [6.07, 6.45) is 3.77.